The molecule has 416 valence electrons. The van der Waals surface area contributed by atoms with Crippen LogP contribution < -0.4 is 25.6 Å². The number of thiazole rings is 2. The van der Waals surface area contributed by atoms with E-state index in [0.717, 1.165) is 34.8 Å². The summed E-state index contributed by atoms with van der Waals surface area (Å²) in [6.07, 6.45) is -0.590. The minimum Gasteiger partial charge on any atom is -0.469 e. The molecule has 3 saturated heterocycles. The Morgan fingerprint density at radius 2 is 1.35 bits per heavy atom. The molecule has 11 rings (SSSR count). The maximum atomic E-state index is 17.4. The van der Waals surface area contributed by atoms with Crippen molar-refractivity contribution in [3.8, 4) is 46.3 Å². The van der Waals surface area contributed by atoms with Crippen molar-refractivity contribution in [2.24, 2.45) is 0 Å². The van der Waals surface area contributed by atoms with E-state index >= 15 is 17.6 Å². The molecule has 2 amide bonds. The van der Waals surface area contributed by atoms with Crippen molar-refractivity contribution >= 4 is 122 Å². The molecule has 3 aliphatic heterocycles. The summed E-state index contributed by atoms with van der Waals surface area (Å²) in [7, 11) is 0. The maximum Gasteiger partial charge on any atom is 0.246 e. The Morgan fingerprint density at radius 3 is 1.96 bits per heavy atom. The number of pyridine rings is 2. The molecule has 8 aromatic rings. The first-order valence-corrected chi connectivity index (χ1v) is 27.8. The third-order valence-electron chi connectivity index (χ3n) is 14.9. The predicted molar refractivity (Wildman–Crippen MR) is 306 cm³/mol. The zero-order chi connectivity index (χ0) is 58.0. The van der Waals surface area contributed by atoms with Crippen LogP contribution in [0.15, 0.2) is 61.7 Å². The molecule has 0 unspecified atom stereocenters. The number of nitrogens with zero attached hydrogens (tertiary/aromatic N) is 12. The fourth-order valence-electron chi connectivity index (χ4n) is 11.0. The van der Waals surface area contributed by atoms with Crippen LogP contribution in [0.5, 0.6) is 5.88 Å². The molecule has 0 bridgehead atoms. The van der Waals surface area contributed by atoms with E-state index in [0.29, 0.717) is 5.69 Å². The van der Waals surface area contributed by atoms with Gasteiger partial charge in [-0.3, -0.25) is 14.5 Å². The van der Waals surface area contributed by atoms with E-state index in [9.17, 15) is 29.8 Å². The highest BCUT2D eigenvalue weighted by molar-refractivity contribution is 7.22. The van der Waals surface area contributed by atoms with Gasteiger partial charge in [-0.05, 0) is 55.5 Å². The number of nitrogens with two attached hydrogens (primary N) is 1. The molecule has 0 radical (unpaired) electrons. The SMILES string of the molecule is C=CC(=O)N1CCN(c2c(C#N)c(O[C@@H]3CN(CNc4nc5c(-c6c(Cl)cc7c(N8CCN(C(=O)C=C)[C@@H](CC#N)C8)c(C#N)c(C)nc7c6F)ccc(F)c5s4)C[C@H]3F)nc3c(F)c(-c4ccc(F)c5sc(N)nc45)c(Cl)cc23)CC1. The molecule has 3 fully saturated rings. The van der Waals surface area contributed by atoms with E-state index in [1.54, 1.807) is 21.6 Å². The number of nitrogens with one attached hydrogen (secondary N) is 1. The van der Waals surface area contributed by atoms with Gasteiger partial charge < -0.3 is 35.4 Å². The third kappa shape index (κ3) is 9.61. The Balaban J connectivity index is 0.888. The van der Waals surface area contributed by atoms with Crippen molar-refractivity contribution in [3.63, 3.8) is 0 Å². The summed E-state index contributed by atoms with van der Waals surface area (Å²) in [5.41, 5.74) is 6.34. The van der Waals surface area contributed by atoms with Gasteiger partial charge in [0.15, 0.2) is 28.1 Å². The first-order valence-electron chi connectivity index (χ1n) is 25.4. The lowest BCUT2D eigenvalue weighted by molar-refractivity contribution is -0.128. The Bertz CT molecular complexity index is 4170. The number of hydrogen-bond donors (Lipinski definition) is 2. The minimum absolute atomic E-state index is 0.0106. The smallest absolute Gasteiger partial charge is 0.246 e. The standard InChI is InChI=1S/C56H43Cl2F5N14O3S2/c1-4-40(78)74-12-14-75(15-13-74)51-31-19-35(58)42(28-6-8-36(59)52-48(28)71-55(67)81-52)45(63)47(31)70-54(33(51)21-66)80-39-24-73(23-38(39)61)25-68-56-72-49-29(7-9-37(60)53(49)82-56)43-34(57)18-30-46(44(43)62)69-26(3)32(20-65)50(30)76-16-17-77(41(79)5-2)27(22-76)10-11-64/h4-9,18-19,27,38-39H,1-2,10,12-17,22-25H2,3H3,(H2,67,71)(H,68,72)/t27-,38+,39+/m0/s1. The lowest BCUT2D eigenvalue weighted by Crippen LogP contribution is -2.55. The summed E-state index contributed by atoms with van der Waals surface area (Å²) in [5, 5.41) is 34.3. The van der Waals surface area contributed by atoms with E-state index < -0.39 is 41.6 Å². The zero-order valence-corrected chi connectivity index (χ0v) is 46.3. The highest BCUT2D eigenvalue weighted by Gasteiger charge is 2.38. The molecule has 4 aromatic heterocycles. The van der Waals surface area contributed by atoms with Crippen LogP contribution in [-0.4, -0.2) is 130 Å². The van der Waals surface area contributed by atoms with E-state index in [-0.39, 0.29) is 197 Å². The van der Waals surface area contributed by atoms with Gasteiger partial charge in [-0.2, -0.15) is 15.8 Å². The largest absolute Gasteiger partial charge is 0.469 e. The Labute approximate surface area is 482 Å². The second-order valence-corrected chi connectivity index (χ2v) is 22.4. The van der Waals surface area contributed by atoms with E-state index in [4.69, 9.17) is 33.7 Å². The number of carbonyl (C=O) groups excluding carboxylic acids is 2. The van der Waals surface area contributed by atoms with Crippen molar-refractivity contribution in [3.05, 3.63) is 112 Å². The minimum atomic E-state index is -1.68. The van der Waals surface area contributed by atoms with Crippen LogP contribution in [0.3, 0.4) is 0 Å². The van der Waals surface area contributed by atoms with Gasteiger partial charge in [0.05, 0.1) is 78.3 Å². The highest BCUT2D eigenvalue weighted by atomic mass is 35.5. The van der Waals surface area contributed by atoms with Crippen LogP contribution in [0.25, 0.3) is 64.5 Å². The first-order chi connectivity index (χ1) is 39.5. The Morgan fingerprint density at radius 1 is 0.768 bits per heavy atom. The molecule has 3 aliphatic rings. The van der Waals surface area contributed by atoms with Gasteiger partial charge in [-0.25, -0.2) is 41.9 Å². The van der Waals surface area contributed by atoms with Gasteiger partial charge >= 0.3 is 0 Å². The van der Waals surface area contributed by atoms with E-state index in [1.165, 1.54) is 41.3 Å². The van der Waals surface area contributed by atoms with Gasteiger partial charge in [0, 0.05) is 91.9 Å². The average molecular weight is 1190 g/mol. The number of carbonyl (C=O) groups is 2. The second-order valence-electron chi connectivity index (χ2n) is 19.5. The summed E-state index contributed by atoms with van der Waals surface area (Å²) >= 11 is 15.7. The van der Waals surface area contributed by atoms with Crippen LogP contribution in [0.4, 0.5) is 43.6 Å². The van der Waals surface area contributed by atoms with Crippen LogP contribution in [0, 0.1) is 64.2 Å². The number of hydrogen-bond acceptors (Lipinski definition) is 17. The topological polar surface area (TPSA) is 221 Å². The molecular formula is C56H43Cl2F5N14O3S2. The molecule has 0 spiro atoms. The molecule has 3 atom stereocenters. The number of aryl methyl sites for hydroxylation is 1. The van der Waals surface area contributed by atoms with Crippen molar-refractivity contribution in [1.29, 1.82) is 15.8 Å². The number of ether oxygens (including phenoxy) is 1. The quantitative estimate of drug-likeness (QED) is 0.0858. The van der Waals surface area contributed by atoms with Crippen LogP contribution in [0.2, 0.25) is 10.0 Å². The lowest BCUT2D eigenvalue weighted by atomic mass is 9.97. The van der Waals surface area contributed by atoms with Gasteiger partial charge in [0.1, 0.15) is 46.5 Å². The van der Waals surface area contributed by atoms with Crippen LogP contribution >= 0.6 is 45.9 Å². The number of nitrogen functional groups attached to an aromatic ring is 1. The molecule has 0 aliphatic carbocycles. The van der Waals surface area contributed by atoms with Crippen molar-refractivity contribution in [2.45, 2.75) is 31.7 Å². The summed E-state index contributed by atoms with van der Waals surface area (Å²) in [6, 6.07) is 13.7. The molecule has 17 nitrogen and oxygen atoms in total. The van der Waals surface area contributed by atoms with E-state index in [1.807, 2.05) is 4.90 Å². The molecule has 0 saturated carbocycles. The average Bonchev–Trinajstić information content (AvgIpc) is 4.35. The van der Waals surface area contributed by atoms with Crippen molar-refractivity contribution in [2.75, 3.05) is 86.4 Å². The molecule has 3 N–H and O–H groups in total. The third-order valence-corrected chi connectivity index (χ3v) is 17.4. The highest BCUT2D eigenvalue weighted by Crippen LogP contribution is 2.47. The zero-order valence-electron chi connectivity index (χ0n) is 43.2. The Kier molecular flexibility index (Phi) is 15.0. The van der Waals surface area contributed by atoms with Gasteiger partial charge in [-0.15, -0.1) is 0 Å². The summed E-state index contributed by atoms with van der Waals surface area (Å²) < 4.78 is 88.0. The maximum absolute atomic E-state index is 17.4. The number of aromatic nitrogens is 4. The number of amides is 2. The summed E-state index contributed by atoms with van der Waals surface area (Å²) in [4.78, 5) is 51.5. The Hall–Kier alpha value is -8.44. The fourth-order valence-corrected chi connectivity index (χ4v) is 13.3. The number of fused-ring (bicyclic) bond motifs is 4. The van der Waals surface area contributed by atoms with Crippen LogP contribution in [-0.2, 0) is 9.59 Å². The number of nitriles is 3. The number of anilines is 4. The van der Waals surface area contributed by atoms with Gasteiger partial charge in [0.2, 0.25) is 17.7 Å². The lowest BCUT2D eigenvalue weighted by Gasteiger charge is -2.42. The number of piperazine rings is 2. The second kappa shape index (κ2) is 22.1. The van der Waals surface area contributed by atoms with Crippen molar-refractivity contribution < 1.29 is 36.3 Å². The number of likely N-dealkylation sites (tertiary alicyclic amines) is 1. The normalized spacial score (nSPS) is 17.6. The number of rotatable bonds is 12. The first kappa shape index (κ1) is 55.5. The predicted octanol–water partition coefficient (Wildman–Crippen LogP) is 10.3. The molecule has 7 heterocycles. The van der Waals surface area contributed by atoms with Crippen LogP contribution in [0.1, 0.15) is 23.2 Å². The molecule has 82 heavy (non-hydrogen) atoms. The van der Waals surface area contributed by atoms with E-state index in [2.05, 4.69) is 56.6 Å². The molecule has 4 aromatic carbocycles. The number of alkyl halides is 1. The van der Waals surface area contributed by atoms with Gasteiger partial charge in [0.25, 0.3) is 0 Å². The number of benzene rings is 4. The van der Waals surface area contributed by atoms with Gasteiger partial charge in [-0.1, -0.05) is 59.0 Å². The summed E-state index contributed by atoms with van der Waals surface area (Å²) in [5.74, 6) is -4.14. The molecule has 26 heteroatoms. The molecular weight excluding hydrogens is 1150 g/mol. The van der Waals surface area contributed by atoms with Crippen molar-refractivity contribution in [1.82, 2.24) is 34.6 Å². The number of halogens is 7. The summed E-state index contributed by atoms with van der Waals surface area (Å²) in [6.45, 7) is 9.75. The monoisotopic (exact) mass is 1190 g/mol. The fraction of sp³-hybridized carbons (Fsp3) is 0.268.